The molecule has 0 unspecified atom stereocenters. The normalized spacial score (nSPS) is 15.1. The Morgan fingerprint density at radius 2 is 2.08 bits per heavy atom. The molecule has 10 heteroatoms. The lowest BCUT2D eigenvalue weighted by Gasteiger charge is -2.19. The summed E-state index contributed by atoms with van der Waals surface area (Å²) in [5.74, 6) is 1.30. The first kappa shape index (κ1) is 24.4. The van der Waals surface area contributed by atoms with Crippen molar-refractivity contribution in [2.75, 3.05) is 32.1 Å². The molecule has 9 nitrogen and oxygen atoms in total. The van der Waals surface area contributed by atoms with Crippen molar-refractivity contribution in [3.63, 3.8) is 0 Å². The van der Waals surface area contributed by atoms with Crippen LogP contribution in [0.5, 0.6) is 11.5 Å². The number of nitrogens with zero attached hydrogens (tertiary/aromatic N) is 6. The Balaban J connectivity index is 1.43. The molecular formula is C27H28FN7O2. The SMILES string of the molecule is CN1C/C=C/CCOc2cc(F)cc(c2)-c2ccnc(n2)Nc2ccc(OCCn3cncn3)c(c2)C1. The summed E-state index contributed by atoms with van der Waals surface area (Å²) in [6.07, 6.45) is 9.72. The van der Waals surface area contributed by atoms with E-state index in [0.717, 1.165) is 23.5 Å². The van der Waals surface area contributed by atoms with Gasteiger partial charge >= 0.3 is 0 Å². The van der Waals surface area contributed by atoms with Crippen LogP contribution in [0.4, 0.5) is 16.0 Å². The minimum atomic E-state index is -0.378. The third kappa shape index (κ3) is 6.68. The molecule has 0 spiro atoms. The van der Waals surface area contributed by atoms with Gasteiger partial charge in [0.05, 0.1) is 18.8 Å². The van der Waals surface area contributed by atoms with Gasteiger partial charge in [0, 0.05) is 42.2 Å². The van der Waals surface area contributed by atoms with Crippen molar-refractivity contribution in [2.24, 2.45) is 0 Å². The molecule has 0 radical (unpaired) electrons. The Morgan fingerprint density at radius 3 is 2.97 bits per heavy atom. The molecule has 0 aliphatic carbocycles. The number of likely N-dealkylation sites (N-methyl/N-ethyl adjacent to an activating group) is 1. The minimum Gasteiger partial charge on any atom is -0.493 e. The number of hydrogen-bond acceptors (Lipinski definition) is 8. The van der Waals surface area contributed by atoms with Gasteiger partial charge in [-0.1, -0.05) is 12.2 Å². The molecule has 2 aromatic carbocycles. The summed E-state index contributed by atoms with van der Waals surface area (Å²) < 4.78 is 28.0. The molecule has 0 amide bonds. The molecule has 1 aliphatic rings. The summed E-state index contributed by atoms with van der Waals surface area (Å²) in [6.45, 7) is 2.95. The summed E-state index contributed by atoms with van der Waals surface area (Å²) in [6, 6.07) is 12.3. The topological polar surface area (TPSA) is 90.2 Å². The average molecular weight is 502 g/mol. The molecule has 1 N–H and O–H groups in total. The molecule has 0 atom stereocenters. The van der Waals surface area contributed by atoms with Crippen LogP contribution in [0.15, 0.2) is 73.5 Å². The van der Waals surface area contributed by atoms with Crippen LogP contribution < -0.4 is 14.8 Å². The summed E-state index contributed by atoms with van der Waals surface area (Å²) >= 11 is 0. The molecule has 2 aromatic heterocycles. The lowest BCUT2D eigenvalue weighted by atomic mass is 10.1. The molecule has 1 aliphatic heterocycles. The van der Waals surface area contributed by atoms with Crippen molar-refractivity contribution >= 4 is 11.6 Å². The molecule has 190 valence electrons. The average Bonchev–Trinajstić information content (AvgIpc) is 3.40. The Bertz CT molecular complexity index is 1360. The van der Waals surface area contributed by atoms with Gasteiger partial charge in [-0.25, -0.2) is 24.0 Å². The standard InChI is InChI=1S/C27H28FN7O2/c1-34-9-3-2-4-11-36-24-15-20(13-22(28)16-24)25-7-8-30-27(33-25)32-23-5-6-26(21(14-23)17-34)37-12-10-35-19-29-18-31-35/h2-3,5-8,13-16,18-19H,4,9-12,17H2,1H3,(H,30,32,33)/b3-2+. The second kappa shape index (κ2) is 11.6. The fourth-order valence-corrected chi connectivity index (χ4v) is 3.99. The van der Waals surface area contributed by atoms with E-state index in [4.69, 9.17) is 9.47 Å². The molecular weight excluding hydrogens is 473 g/mol. The highest BCUT2D eigenvalue weighted by Crippen LogP contribution is 2.28. The highest BCUT2D eigenvalue weighted by Gasteiger charge is 2.11. The third-order valence-electron chi connectivity index (χ3n) is 5.76. The summed E-state index contributed by atoms with van der Waals surface area (Å²) in [7, 11) is 2.05. The van der Waals surface area contributed by atoms with Gasteiger partial charge < -0.3 is 14.8 Å². The highest BCUT2D eigenvalue weighted by atomic mass is 19.1. The van der Waals surface area contributed by atoms with E-state index in [2.05, 4.69) is 49.5 Å². The lowest BCUT2D eigenvalue weighted by molar-refractivity contribution is 0.280. The van der Waals surface area contributed by atoms with Gasteiger partial charge in [0.15, 0.2) is 0 Å². The first-order valence-electron chi connectivity index (χ1n) is 12.1. The molecule has 0 saturated heterocycles. The Morgan fingerprint density at radius 1 is 1.14 bits per heavy atom. The second-order valence-corrected chi connectivity index (χ2v) is 8.70. The van der Waals surface area contributed by atoms with Crippen LogP contribution in [0, 0.1) is 5.82 Å². The predicted octanol–water partition coefficient (Wildman–Crippen LogP) is 4.47. The molecule has 5 rings (SSSR count). The lowest BCUT2D eigenvalue weighted by Crippen LogP contribution is -2.19. The van der Waals surface area contributed by atoms with Crippen molar-refractivity contribution in [3.8, 4) is 22.8 Å². The predicted molar refractivity (Wildman–Crippen MR) is 138 cm³/mol. The molecule has 3 heterocycles. The number of ether oxygens (including phenoxy) is 2. The summed E-state index contributed by atoms with van der Waals surface area (Å²) in [4.78, 5) is 15.1. The van der Waals surface area contributed by atoms with Gasteiger partial charge in [-0.3, -0.25) is 4.90 Å². The number of hydrogen-bond donors (Lipinski definition) is 1. The number of aromatic nitrogens is 5. The Labute approximate surface area is 214 Å². The maximum absolute atomic E-state index is 14.3. The first-order chi connectivity index (χ1) is 18.1. The van der Waals surface area contributed by atoms with Crippen LogP contribution in [0.1, 0.15) is 12.0 Å². The maximum atomic E-state index is 14.3. The van der Waals surface area contributed by atoms with Crippen LogP contribution in [0.2, 0.25) is 0 Å². The number of anilines is 2. The zero-order chi connectivity index (χ0) is 25.5. The molecule has 0 saturated carbocycles. The van der Waals surface area contributed by atoms with Gasteiger partial charge in [0.1, 0.15) is 36.6 Å². The monoisotopic (exact) mass is 501 g/mol. The minimum absolute atomic E-state index is 0.378. The zero-order valence-electron chi connectivity index (χ0n) is 20.5. The van der Waals surface area contributed by atoms with Crippen molar-refractivity contribution in [2.45, 2.75) is 19.5 Å². The summed E-state index contributed by atoms with van der Waals surface area (Å²) in [5.41, 5.74) is 3.06. The molecule has 0 fully saturated rings. The van der Waals surface area contributed by atoms with Gasteiger partial charge in [-0.15, -0.1) is 0 Å². The molecule has 37 heavy (non-hydrogen) atoms. The quantitative estimate of drug-likeness (QED) is 0.410. The van der Waals surface area contributed by atoms with Gasteiger partial charge in [0.25, 0.3) is 0 Å². The van der Waals surface area contributed by atoms with E-state index < -0.39 is 0 Å². The van der Waals surface area contributed by atoms with Gasteiger partial charge in [-0.2, -0.15) is 5.10 Å². The Kier molecular flexibility index (Phi) is 7.66. The van der Waals surface area contributed by atoms with Crippen molar-refractivity contribution in [1.29, 1.82) is 0 Å². The van der Waals surface area contributed by atoms with E-state index in [1.807, 2.05) is 18.2 Å². The first-order valence-corrected chi connectivity index (χ1v) is 12.1. The van der Waals surface area contributed by atoms with E-state index >= 15 is 0 Å². The Hall–Kier alpha value is -4.31. The number of halogens is 1. The van der Waals surface area contributed by atoms with Crippen LogP contribution in [0.25, 0.3) is 11.3 Å². The van der Waals surface area contributed by atoms with Crippen molar-refractivity contribution in [1.82, 2.24) is 29.6 Å². The fraction of sp³-hybridized carbons (Fsp3) is 0.259. The van der Waals surface area contributed by atoms with E-state index in [1.54, 1.807) is 29.3 Å². The van der Waals surface area contributed by atoms with Gasteiger partial charge in [-0.05, 0) is 49.9 Å². The van der Waals surface area contributed by atoms with Crippen LogP contribution in [-0.4, -0.2) is 56.4 Å². The summed E-state index contributed by atoms with van der Waals surface area (Å²) in [5, 5.41) is 7.39. The number of fused-ring (bicyclic) bond motifs is 7. The van der Waals surface area contributed by atoms with E-state index in [0.29, 0.717) is 55.7 Å². The number of rotatable bonds is 4. The van der Waals surface area contributed by atoms with Gasteiger partial charge in [0.2, 0.25) is 5.95 Å². The van der Waals surface area contributed by atoms with E-state index in [9.17, 15) is 4.39 Å². The highest BCUT2D eigenvalue weighted by molar-refractivity contribution is 5.64. The van der Waals surface area contributed by atoms with Crippen molar-refractivity contribution < 1.29 is 13.9 Å². The fourth-order valence-electron chi connectivity index (χ4n) is 3.99. The smallest absolute Gasteiger partial charge is 0.227 e. The van der Waals surface area contributed by atoms with Crippen LogP contribution >= 0.6 is 0 Å². The number of nitrogens with one attached hydrogen (secondary N) is 1. The second-order valence-electron chi connectivity index (χ2n) is 8.70. The van der Waals surface area contributed by atoms with Crippen LogP contribution in [0.3, 0.4) is 0 Å². The third-order valence-corrected chi connectivity index (χ3v) is 5.76. The van der Waals surface area contributed by atoms with Crippen molar-refractivity contribution in [3.05, 3.63) is 84.8 Å². The maximum Gasteiger partial charge on any atom is 0.227 e. The van der Waals surface area contributed by atoms with E-state index in [-0.39, 0.29) is 5.82 Å². The van der Waals surface area contributed by atoms with E-state index in [1.165, 1.54) is 18.5 Å². The zero-order valence-corrected chi connectivity index (χ0v) is 20.5. The molecule has 6 bridgehead atoms. The van der Waals surface area contributed by atoms with Crippen LogP contribution in [-0.2, 0) is 13.1 Å². The number of benzene rings is 2. The largest absolute Gasteiger partial charge is 0.493 e. The molecule has 4 aromatic rings.